The molecule has 0 aliphatic heterocycles. The quantitative estimate of drug-likeness (QED) is 0.326. The first kappa shape index (κ1) is 18.2. The number of nitro groups is 1. The number of amides is 1. The topological polar surface area (TPSA) is 103 Å². The number of fused-ring (bicyclic) bond motifs is 1. The van der Waals surface area contributed by atoms with Crippen LogP contribution in [0.15, 0.2) is 51.5 Å². The zero-order valence-corrected chi connectivity index (χ0v) is 16.0. The summed E-state index contributed by atoms with van der Waals surface area (Å²) in [4.78, 5) is 29.1. The molecule has 0 spiro atoms. The Balaban J connectivity index is 1.78. The molecule has 10 heteroatoms. The van der Waals surface area contributed by atoms with Crippen LogP contribution >= 0.6 is 22.9 Å². The lowest BCUT2D eigenvalue weighted by molar-refractivity contribution is -0.402. The van der Waals surface area contributed by atoms with E-state index in [1.807, 2.05) is 6.92 Å². The molecule has 1 amide bonds. The molecule has 142 valence electrons. The van der Waals surface area contributed by atoms with Crippen molar-refractivity contribution < 1.29 is 18.6 Å². The maximum Gasteiger partial charge on any atom is 0.433 e. The predicted octanol–water partition coefficient (Wildman–Crippen LogP) is 5.20. The van der Waals surface area contributed by atoms with E-state index < -0.39 is 16.7 Å². The van der Waals surface area contributed by atoms with Crippen molar-refractivity contribution in [3.8, 4) is 0 Å². The van der Waals surface area contributed by atoms with Gasteiger partial charge in [0.15, 0.2) is 10.9 Å². The summed E-state index contributed by atoms with van der Waals surface area (Å²) in [6, 6.07) is 9.41. The first-order chi connectivity index (χ1) is 13.4. The Bertz CT molecular complexity index is 1180. The Labute approximate surface area is 167 Å². The number of aromatic nitrogens is 1. The van der Waals surface area contributed by atoms with Crippen LogP contribution < -0.4 is 4.90 Å². The van der Waals surface area contributed by atoms with Crippen LogP contribution in [0.25, 0.3) is 10.2 Å². The number of aryl methyl sites for hydroxylation is 1. The number of carbonyl (C=O) groups is 1. The number of benzene rings is 1. The van der Waals surface area contributed by atoms with Gasteiger partial charge in [0, 0.05) is 5.02 Å². The summed E-state index contributed by atoms with van der Waals surface area (Å²) in [7, 11) is 0. The zero-order valence-electron chi connectivity index (χ0n) is 14.4. The average Bonchev–Trinajstić information content (AvgIpc) is 3.38. The van der Waals surface area contributed by atoms with E-state index in [1.165, 1.54) is 28.6 Å². The van der Waals surface area contributed by atoms with Crippen molar-refractivity contribution in [2.45, 2.75) is 13.5 Å². The first-order valence-corrected chi connectivity index (χ1v) is 9.27. The number of hydrogen-bond acceptors (Lipinski definition) is 7. The van der Waals surface area contributed by atoms with E-state index in [-0.39, 0.29) is 12.3 Å². The minimum atomic E-state index is -0.698. The molecule has 0 radical (unpaired) electrons. The van der Waals surface area contributed by atoms with Gasteiger partial charge in [0.25, 0.3) is 5.91 Å². The summed E-state index contributed by atoms with van der Waals surface area (Å²) in [6.07, 6.45) is 1.50. The predicted molar refractivity (Wildman–Crippen MR) is 104 cm³/mol. The Hall–Kier alpha value is -3.17. The third-order valence-corrected chi connectivity index (χ3v) is 5.24. The van der Waals surface area contributed by atoms with Crippen LogP contribution in [0.1, 0.15) is 21.9 Å². The Morgan fingerprint density at radius 1 is 1.36 bits per heavy atom. The number of rotatable bonds is 5. The van der Waals surface area contributed by atoms with E-state index in [2.05, 4.69) is 4.98 Å². The highest BCUT2D eigenvalue weighted by molar-refractivity contribution is 7.22. The van der Waals surface area contributed by atoms with Gasteiger partial charge in [-0.2, -0.15) is 0 Å². The molecule has 0 bridgehead atoms. The third-order valence-electron chi connectivity index (χ3n) is 3.99. The molecule has 0 saturated heterocycles. The van der Waals surface area contributed by atoms with E-state index in [4.69, 9.17) is 20.4 Å². The van der Waals surface area contributed by atoms with Gasteiger partial charge in [-0.3, -0.25) is 19.8 Å². The zero-order chi connectivity index (χ0) is 19.8. The van der Waals surface area contributed by atoms with E-state index in [0.717, 1.165) is 21.8 Å². The van der Waals surface area contributed by atoms with Crippen LogP contribution in [0.3, 0.4) is 0 Å². The number of furan rings is 2. The summed E-state index contributed by atoms with van der Waals surface area (Å²) in [5.74, 6) is -0.698. The fraction of sp³-hybridized carbons (Fsp3) is 0.111. The largest absolute Gasteiger partial charge is 0.467 e. The van der Waals surface area contributed by atoms with E-state index >= 15 is 0 Å². The lowest BCUT2D eigenvalue weighted by Gasteiger charge is -2.17. The van der Waals surface area contributed by atoms with Crippen LogP contribution in [0.4, 0.5) is 11.0 Å². The van der Waals surface area contributed by atoms with Crippen LogP contribution in [-0.2, 0) is 6.54 Å². The monoisotopic (exact) mass is 417 g/mol. The van der Waals surface area contributed by atoms with Gasteiger partial charge in [0.05, 0.1) is 29.1 Å². The van der Waals surface area contributed by atoms with Crippen molar-refractivity contribution in [3.05, 3.63) is 74.9 Å². The van der Waals surface area contributed by atoms with Gasteiger partial charge in [0.1, 0.15) is 10.7 Å². The molecule has 0 unspecified atom stereocenters. The van der Waals surface area contributed by atoms with E-state index in [1.54, 1.807) is 24.3 Å². The van der Waals surface area contributed by atoms with Gasteiger partial charge in [-0.25, -0.2) is 4.98 Å². The fourth-order valence-electron chi connectivity index (χ4n) is 2.72. The van der Waals surface area contributed by atoms with E-state index in [0.29, 0.717) is 15.9 Å². The molecule has 8 nitrogen and oxygen atoms in total. The van der Waals surface area contributed by atoms with Gasteiger partial charge in [-0.05, 0) is 42.8 Å². The highest BCUT2D eigenvalue weighted by Crippen LogP contribution is 2.34. The average molecular weight is 418 g/mol. The standard InChI is InChI=1S/C18H12ClN3O5S/c1-10-7-11(19)8-14-16(10)20-18(28-14)21(9-12-3-2-6-26-12)17(23)13-4-5-15(27-13)22(24)25/h2-8H,9H2,1H3. The molecule has 4 rings (SSSR count). The van der Waals surface area contributed by atoms with Gasteiger partial charge in [-0.1, -0.05) is 22.9 Å². The molecule has 28 heavy (non-hydrogen) atoms. The Kier molecular flexibility index (Phi) is 4.62. The summed E-state index contributed by atoms with van der Waals surface area (Å²) < 4.78 is 11.3. The fourth-order valence-corrected chi connectivity index (χ4v) is 4.13. The molecular weight excluding hydrogens is 406 g/mol. The normalized spacial score (nSPS) is 11.1. The molecule has 4 aromatic rings. The third kappa shape index (κ3) is 3.37. The van der Waals surface area contributed by atoms with Gasteiger partial charge in [0.2, 0.25) is 0 Å². The molecule has 0 atom stereocenters. The van der Waals surface area contributed by atoms with E-state index in [9.17, 15) is 14.9 Å². The molecule has 0 aliphatic rings. The van der Waals surface area contributed by atoms with Crippen LogP contribution in [-0.4, -0.2) is 15.8 Å². The van der Waals surface area contributed by atoms with Crippen molar-refractivity contribution in [2.75, 3.05) is 4.90 Å². The molecule has 3 heterocycles. The molecule has 0 fully saturated rings. The molecule has 0 N–H and O–H groups in total. The van der Waals surface area contributed by atoms with Gasteiger partial charge in [-0.15, -0.1) is 0 Å². The van der Waals surface area contributed by atoms with Crippen LogP contribution in [0, 0.1) is 17.0 Å². The Morgan fingerprint density at radius 3 is 2.86 bits per heavy atom. The van der Waals surface area contributed by atoms with Crippen LogP contribution in [0.5, 0.6) is 0 Å². The van der Waals surface area contributed by atoms with Crippen molar-refractivity contribution in [3.63, 3.8) is 0 Å². The number of thiazole rings is 1. The summed E-state index contributed by atoms with van der Waals surface area (Å²) in [5.41, 5.74) is 1.61. The number of nitrogens with zero attached hydrogens (tertiary/aromatic N) is 3. The molecule has 1 aromatic carbocycles. The summed E-state index contributed by atoms with van der Waals surface area (Å²) in [6.45, 7) is 1.97. The van der Waals surface area contributed by atoms with Crippen molar-refractivity contribution in [1.29, 1.82) is 0 Å². The smallest absolute Gasteiger partial charge is 0.433 e. The minimum Gasteiger partial charge on any atom is -0.467 e. The second-order valence-corrected chi connectivity index (χ2v) is 7.38. The maximum atomic E-state index is 13.0. The summed E-state index contributed by atoms with van der Waals surface area (Å²) in [5, 5.41) is 11.8. The second-order valence-electron chi connectivity index (χ2n) is 5.93. The molecule has 0 saturated carbocycles. The second kappa shape index (κ2) is 7.10. The first-order valence-electron chi connectivity index (χ1n) is 8.07. The number of halogens is 1. The highest BCUT2D eigenvalue weighted by atomic mass is 35.5. The maximum absolute atomic E-state index is 13.0. The number of anilines is 1. The number of carbonyl (C=O) groups excluding carboxylic acids is 1. The van der Waals surface area contributed by atoms with Crippen molar-refractivity contribution in [2.24, 2.45) is 0 Å². The van der Waals surface area contributed by atoms with Gasteiger partial charge >= 0.3 is 5.88 Å². The van der Waals surface area contributed by atoms with Crippen molar-refractivity contribution in [1.82, 2.24) is 4.98 Å². The molecular formula is C18H12ClN3O5S. The van der Waals surface area contributed by atoms with Crippen LogP contribution in [0.2, 0.25) is 5.02 Å². The lowest BCUT2D eigenvalue weighted by atomic mass is 10.2. The van der Waals surface area contributed by atoms with Gasteiger partial charge < -0.3 is 8.83 Å². The SMILES string of the molecule is Cc1cc(Cl)cc2sc(N(Cc3ccco3)C(=O)c3ccc([N+](=O)[O-])o3)nc12. The Morgan fingerprint density at radius 2 is 2.18 bits per heavy atom. The number of hydrogen-bond donors (Lipinski definition) is 0. The molecule has 0 aliphatic carbocycles. The minimum absolute atomic E-state index is 0.0902. The molecule has 3 aromatic heterocycles. The van der Waals surface area contributed by atoms with Crippen molar-refractivity contribution >= 4 is 50.1 Å². The lowest BCUT2D eigenvalue weighted by Crippen LogP contribution is -2.29. The summed E-state index contributed by atoms with van der Waals surface area (Å²) >= 11 is 7.41. The highest BCUT2D eigenvalue weighted by Gasteiger charge is 2.27.